The number of halogens is 1. The highest BCUT2D eigenvalue weighted by Gasteiger charge is 2.20. The van der Waals surface area contributed by atoms with Crippen molar-refractivity contribution in [3.63, 3.8) is 0 Å². The number of aromatic carboxylic acids is 1. The number of carboxylic acid groups (broad SMARTS) is 1. The molecule has 1 aromatic carbocycles. The van der Waals surface area contributed by atoms with Gasteiger partial charge in [-0.15, -0.1) is 11.3 Å². The van der Waals surface area contributed by atoms with Gasteiger partial charge in [-0.25, -0.2) is 14.2 Å². The molecule has 1 atom stereocenters. The fraction of sp³-hybridized carbons (Fsp3) is 0.0909. The summed E-state index contributed by atoms with van der Waals surface area (Å²) in [6.07, 6.45) is 1.43. The van der Waals surface area contributed by atoms with E-state index in [0.717, 1.165) is 11.3 Å². The molecule has 4 nitrogen and oxygen atoms in total. The molecule has 0 fully saturated rings. The predicted octanol–water partition coefficient (Wildman–Crippen LogP) is 2.38. The first-order chi connectivity index (χ1) is 8.49. The Morgan fingerprint density at radius 2 is 2.00 bits per heavy atom. The van der Waals surface area contributed by atoms with Crippen LogP contribution in [0.1, 0.15) is 10.5 Å². The molecular formula is C11H8FNO3S2. The molecule has 2 rings (SSSR count). The monoisotopic (exact) mass is 285 g/mol. The lowest BCUT2D eigenvalue weighted by molar-refractivity contribution is 0.0691. The van der Waals surface area contributed by atoms with Gasteiger partial charge < -0.3 is 5.11 Å². The molecule has 0 aliphatic rings. The van der Waals surface area contributed by atoms with Gasteiger partial charge in [0.15, 0.2) is 10.0 Å². The molecule has 0 amide bonds. The van der Waals surface area contributed by atoms with Gasteiger partial charge in [-0.3, -0.25) is 4.21 Å². The zero-order valence-electron chi connectivity index (χ0n) is 9.21. The first-order valence-corrected chi connectivity index (χ1v) is 7.20. The van der Waals surface area contributed by atoms with E-state index >= 15 is 0 Å². The van der Waals surface area contributed by atoms with Crippen LogP contribution in [0.3, 0.4) is 0 Å². The largest absolute Gasteiger partial charge is 0.476 e. The Kier molecular flexibility index (Phi) is 3.53. The highest BCUT2D eigenvalue weighted by atomic mass is 32.2. The molecule has 94 valence electrons. The molecule has 0 saturated heterocycles. The lowest BCUT2D eigenvalue weighted by Crippen LogP contribution is -1.99. The van der Waals surface area contributed by atoms with E-state index in [2.05, 4.69) is 4.98 Å². The summed E-state index contributed by atoms with van der Waals surface area (Å²) in [6.45, 7) is 0. The molecule has 1 heterocycles. The van der Waals surface area contributed by atoms with E-state index in [0.29, 0.717) is 10.4 Å². The first kappa shape index (κ1) is 12.8. The van der Waals surface area contributed by atoms with Crippen molar-refractivity contribution in [2.45, 2.75) is 4.34 Å². The van der Waals surface area contributed by atoms with Gasteiger partial charge in [-0.05, 0) is 17.7 Å². The van der Waals surface area contributed by atoms with E-state index < -0.39 is 22.6 Å². The molecule has 2 aromatic rings. The number of hydrogen-bond acceptors (Lipinski definition) is 4. The molecule has 0 aliphatic carbocycles. The van der Waals surface area contributed by atoms with E-state index in [4.69, 9.17) is 5.11 Å². The third-order valence-corrected chi connectivity index (χ3v) is 4.60. The number of nitrogens with zero attached hydrogens (tertiary/aromatic N) is 1. The maximum Gasteiger partial charge on any atom is 0.356 e. The minimum atomic E-state index is -1.34. The van der Waals surface area contributed by atoms with Crippen molar-refractivity contribution in [3.8, 4) is 10.4 Å². The molecule has 1 unspecified atom stereocenters. The highest BCUT2D eigenvalue weighted by molar-refractivity contribution is 7.86. The van der Waals surface area contributed by atoms with E-state index in [1.165, 1.54) is 30.5 Å². The minimum absolute atomic E-state index is 0.156. The fourth-order valence-corrected chi connectivity index (χ4v) is 3.10. The van der Waals surface area contributed by atoms with Crippen LogP contribution in [0.4, 0.5) is 4.39 Å². The zero-order valence-corrected chi connectivity index (χ0v) is 10.8. The summed E-state index contributed by atoms with van der Waals surface area (Å²) in [6, 6.07) is 5.42. The van der Waals surface area contributed by atoms with Crippen molar-refractivity contribution in [2.75, 3.05) is 6.26 Å². The second kappa shape index (κ2) is 4.95. The number of thiazole rings is 1. The summed E-state index contributed by atoms with van der Waals surface area (Å²) in [5, 5.41) is 9.05. The third-order valence-electron chi connectivity index (χ3n) is 2.16. The molecule has 1 N–H and O–H groups in total. The van der Waals surface area contributed by atoms with Gasteiger partial charge in [-0.2, -0.15) is 0 Å². The Balaban J connectivity index is 2.58. The molecule has 0 bridgehead atoms. The highest BCUT2D eigenvalue weighted by Crippen LogP contribution is 2.31. The van der Waals surface area contributed by atoms with Crippen LogP contribution < -0.4 is 0 Å². The summed E-state index contributed by atoms with van der Waals surface area (Å²) in [5.74, 6) is -1.60. The van der Waals surface area contributed by atoms with E-state index in [9.17, 15) is 13.4 Å². The van der Waals surface area contributed by atoms with Crippen molar-refractivity contribution in [1.29, 1.82) is 0 Å². The maximum absolute atomic E-state index is 12.8. The second-order valence-electron chi connectivity index (χ2n) is 3.42. The van der Waals surface area contributed by atoms with Crippen molar-refractivity contribution in [1.82, 2.24) is 4.98 Å². The van der Waals surface area contributed by atoms with Gasteiger partial charge in [0, 0.05) is 6.26 Å². The van der Waals surface area contributed by atoms with Crippen LogP contribution >= 0.6 is 11.3 Å². The number of aromatic nitrogens is 1. The molecule has 0 saturated carbocycles. The van der Waals surface area contributed by atoms with Gasteiger partial charge in [0.05, 0.1) is 15.7 Å². The maximum atomic E-state index is 12.8. The van der Waals surface area contributed by atoms with Gasteiger partial charge in [0.1, 0.15) is 5.82 Å². The van der Waals surface area contributed by atoms with Crippen LogP contribution in [0.2, 0.25) is 0 Å². The average Bonchev–Trinajstić information content (AvgIpc) is 2.75. The Bertz CT molecular complexity index is 622. The summed E-state index contributed by atoms with van der Waals surface area (Å²) >= 11 is 1.04. The van der Waals surface area contributed by atoms with Crippen molar-refractivity contribution in [3.05, 3.63) is 35.8 Å². The lowest BCUT2D eigenvalue weighted by Gasteiger charge is -1.98. The summed E-state index contributed by atoms with van der Waals surface area (Å²) < 4.78 is 24.4. The molecular weight excluding hydrogens is 277 g/mol. The van der Waals surface area contributed by atoms with Crippen LogP contribution in [0.15, 0.2) is 28.6 Å². The van der Waals surface area contributed by atoms with Crippen molar-refractivity contribution < 1.29 is 18.5 Å². The first-order valence-electron chi connectivity index (χ1n) is 4.82. The molecule has 7 heteroatoms. The van der Waals surface area contributed by atoms with Crippen LogP contribution in [0.5, 0.6) is 0 Å². The molecule has 18 heavy (non-hydrogen) atoms. The Morgan fingerprint density at radius 3 is 2.50 bits per heavy atom. The summed E-state index contributed by atoms with van der Waals surface area (Å²) in [5.41, 5.74) is 0.389. The smallest absolute Gasteiger partial charge is 0.356 e. The van der Waals surface area contributed by atoms with Gasteiger partial charge >= 0.3 is 5.97 Å². The fourth-order valence-electron chi connectivity index (χ4n) is 1.37. The van der Waals surface area contributed by atoms with E-state index in [-0.39, 0.29) is 10.0 Å². The quantitative estimate of drug-likeness (QED) is 0.940. The van der Waals surface area contributed by atoms with Crippen molar-refractivity contribution in [2.24, 2.45) is 0 Å². The second-order valence-corrected chi connectivity index (χ2v) is 5.98. The Labute approximate surface area is 109 Å². The van der Waals surface area contributed by atoms with Crippen LogP contribution in [-0.4, -0.2) is 26.5 Å². The van der Waals surface area contributed by atoms with Gasteiger partial charge in [0.2, 0.25) is 0 Å². The van der Waals surface area contributed by atoms with E-state index in [1.807, 2.05) is 0 Å². The SMILES string of the molecule is CS(=O)c1nc(C(=O)O)c(-c2ccc(F)cc2)s1. The predicted molar refractivity (Wildman–Crippen MR) is 66.8 cm³/mol. The van der Waals surface area contributed by atoms with Crippen LogP contribution in [0.25, 0.3) is 10.4 Å². The Morgan fingerprint density at radius 1 is 1.39 bits per heavy atom. The topological polar surface area (TPSA) is 67.3 Å². The number of carboxylic acids is 1. The molecule has 0 spiro atoms. The third kappa shape index (κ3) is 2.46. The van der Waals surface area contributed by atoms with Crippen LogP contribution in [-0.2, 0) is 10.8 Å². The van der Waals surface area contributed by atoms with Crippen molar-refractivity contribution >= 4 is 28.1 Å². The minimum Gasteiger partial charge on any atom is -0.476 e. The normalized spacial score (nSPS) is 12.3. The summed E-state index contributed by atoms with van der Waals surface area (Å²) in [7, 11) is -1.34. The number of benzene rings is 1. The summed E-state index contributed by atoms with van der Waals surface area (Å²) in [4.78, 5) is 15.3. The molecule has 1 aromatic heterocycles. The molecule has 0 aliphatic heterocycles. The van der Waals surface area contributed by atoms with Gasteiger partial charge in [-0.1, -0.05) is 12.1 Å². The van der Waals surface area contributed by atoms with E-state index in [1.54, 1.807) is 0 Å². The molecule has 0 radical (unpaired) electrons. The number of hydrogen-bond donors (Lipinski definition) is 1. The standard InChI is InChI=1S/C11H8FNO3S2/c1-18(16)11-13-8(10(14)15)9(17-11)6-2-4-7(12)5-3-6/h2-5H,1H3,(H,14,15). The van der Waals surface area contributed by atoms with Gasteiger partial charge in [0.25, 0.3) is 0 Å². The average molecular weight is 285 g/mol. The zero-order chi connectivity index (χ0) is 13.3. The lowest BCUT2D eigenvalue weighted by atomic mass is 10.1. The van der Waals surface area contributed by atoms with Crippen LogP contribution in [0, 0.1) is 5.82 Å². The Hall–Kier alpha value is -1.60. The number of carbonyl (C=O) groups is 1. The number of rotatable bonds is 3.